The number of thiophene rings is 1. The molecule has 0 unspecified atom stereocenters. The number of aromatic nitrogens is 1. The molecule has 5 heteroatoms. The number of carbonyl (C=O) groups excluding carboxylic acids is 2. The molecule has 0 spiro atoms. The van der Waals surface area contributed by atoms with E-state index in [0.717, 1.165) is 24.2 Å². The van der Waals surface area contributed by atoms with Gasteiger partial charge in [0.25, 0.3) is 0 Å². The molecular weight excluding hydrogens is 322 g/mol. The first kappa shape index (κ1) is 17.0. The molecule has 0 fully saturated rings. The number of carbonyl (C=O) groups is 2. The second-order valence-corrected chi connectivity index (χ2v) is 7.60. The van der Waals surface area contributed by atoms with Crippen LogP contribution in [0.3, 0.4) is 0 Å². The normalized spacial score (nSPS) is 14.1. The lowest BCUT2D eigenvalue weighted by atomic mass is 10.1. The predicted molar refractivity (Wildman–Crippen MR) is 95.1 cm³/mol. The number of rotatable bonds is 4. The van der Waals surface area contributed by atoms with Gasteiger partial charge in [0.1, 0.15) is 4.88 Å². The molecule has 1 aliphatic carbocycles. The van der Waals surface area contributed by atoms with Crippen molar-refractivity contribution in [1.82, 2.24) is 4.57 Å². The van der Waals surface area contributed by atoms with Gasteiger partial charge in [-0.25, -0.2) is 4.79 Å². The number of Topliss-reactive ketones (excluding diaryl/α,β-unsaturated/α-hetero) is 1. The van der Waals surface area contributed by atoms with Crippen molar-refractivity contribution in [2.45, 2.75) is 46.0 Å². The van der Waals surface area contributed by atoms with Gasteiger partial charge in [0.2, 0.25) is 5.78 Å². The van der Waals surface area contributed by atoms with Crippen LogP contribution in [-0.4, -0.2) is 22.9 Å². The predicted octanol–water partition coefficient (Wildman–Crippen LogP) is 4.01. The van der Waals surface area contributed by atoms with E-state index in [-0.39, 0.29) is 18.4 Å². The average Bonchev–Trinajstić information content (AvgIpc) is 3.00. The highest BCUT2D eigenvalue weighted by molar-refractivity contribution is 7.14. The lowest BCUT2D eigenvalue weighted by molar-refractivity contribution is 0.0479. The first-order valence-corrected chi connectivity index (χ1v) is 9.24. The molecule has 0 aliphatic heterocycles. The summed E-state index contributed by atoms with van der Waals surface area (Å²) in [6.07, 6.45) is 5.72. The summed E-state index contributed by atoms with van der Waals surface area (Å²) in [5.41, 5.74) is 3.83. The first-order chi connectivity index (χ1) is 11.5. The average molecular weight is 345 g/mol. The maximum Gasteiger partial charge on any atom is 0.348 e. The first-order valence-electron chi connectivity index (χ1n) is 8.42. The molecule has 0 radical (unpaired) electrons. The van der Waals surface area contributed by atoms with Crippen LogP contribution in [-0.2, 0) is 24.6 Å². The zero-order chi connectivity index (χ0) is 17.3. The fraction of sp³-hybridized carbons (Fsp3) is 0.474. The van der Waals surface area contributed by atoms with Gasteiger partial charge < -0.3 is 9.30 Å². The largest absolute Gasteiger partial charge is 0.453 e. The Morgan fingerprint density at radius 3 is 2.62 bits per heavy atom. The number of ether oxygens (including phenoxy) is 1. The summed E-state index contributed by atoms with van der Waals surface area (Å²) >= 11 is 1.52. The summed E-state index contributed by atoms with van der Waals surface area (Å²) < 4.78 is 7.23. The van der Waals surface area contributed by atoms with E-state index >= 15 is 0 Å². The molecule has 0 bridgehead atoms. The summed E-state index contributed by atoms with van der Waals surface area (Å²) in [7, 11) is 1.92. The van der Waals surface area contributed by atoms with E-state index in [2.05, 4.69) is 0 Å². The highest BCUT2D eigenvalue weighted by atomic mass is 32.1. The van der Waals surface area contributed by atoms with Crippen molar-refractivity contribution in [3.8, 4) is 0 Å². The molecule has 1 aliphatic rings. The Morgan fingerprint density at radius 1 is 1.17 bits per heavy atom. The number of hydrogen-bond acceptors (Lipinski definition) is 4. The highest BCUT2D eigenvalue weighted by Gasteiger charge is 2.20. The minimum atomic E-state index is -0.383. The number of nitrogens with zero attached hydrogens (tertiary/aromatic N) is 1. The van der Waals surface area contributed by atoms with E-state index in [1.807, 2.05) is 37.6 Å². The summed E-state index contributed by atoms with van der Waals surface area (Å²) in [5.74, 6) is -0.533. The van der Waals surface area contributed by atoms with Gasteiger partial charge in [-0.05, 0) is 57.2 Å². The molecule has 0 aromatic carbocycles. The number of fused-ring (bicyclic) bond motifs is 1. The van der Waals surface area contributed by atoms with Gasteiger partial charge in [0.15, 0.2) is 6.61 Å². The monoisotopic (exact) mass is 345 g/mol. The molecule has 0 amide bonds. The fourth-order valence-electron chi connectivity index (χ4n) is 3.19. The van der Waals surface area contributed by atoms with Gasteiger partial charge in [0.05, 0.1) is 0 Å². The van der Waals surface area contributed by atoms with Crippen molar-refractivity contribution >= 4 is 23.1 Å². The smallest absolute Gasteiger partial charge is 0.348 e. The summed E-state index contributed by atoms with van der Waals surface area (Å²) in [6.45, 7) is 3.65. The topological polar surface area (TPSA) is 48.3 Å². The maximum atomic E-state index is 12.3. The standard InChI is InChI=1S/C19H23NO3S/c1-12-9-15(13(2)20(12)3)16(21)11-23-19(22)18-10-14-7-5-4-6-8-17(14)24-18/h9-10H,4-8,11H2,1-3H3. The zero-order valence-corrected chi connectivity index (χ0v) is 15.3. The van der Waals surface area contributed by atoms with Crippen LogP contribution >= 0.6 is 11.3 Å². The molecule has 0 saturated carbocycles. The van der Waals surface area contributed by atoms with E-state index < -0.39 is 0 Å². The van der Waals surface area contributed by atoms with E-state index in [9.17, 15) is 9.59 Å². The van der Waals surface area contributed by atoms with Crippen LogP contribution in [0.15, 0.2) is 12.1 Å². The summed E-state index contributed by atoms with van der Waals surface area (Å²) in [6, 6.07) is 3.80. The van der Waals surface area contributed by atoms with Crippen LogP contribution in [0.4, 0.5) is 0 Å². The number of esters is 1. The molecule has 0 atom stereocenters. The van der Waals surface area contributed by atoms with Crippen molar-refractivity contribution in [2.75, 3.05) is 6.61 Å². The Balaban J connectivity index is 1.65. The molecule has 2 heterocycles. The van der Waals surface area contributed by atoms with Crippen LogP contribution in [0.25, 0.3) is 0 Å². The molecule has 0 saturated heterocycles. The Morgan fingerprint density at radius 2 is 1.92 bits per heavy atom. The van der Waals surface area contributed by atoms with Crippen molar-refractivity contribution in [1.29, 1.82) is 0 Å². The molecule has 4 nitrogen and oxygen atoms in total. The molecule has 3 rings (SSSR count). The van der Waals surface area contributed by atoms with Gasteiger partial charge in [-0.1, -0.05) is 6.42 Å². The molecule has 2 aromatic rings. The lowest BCUT2D eigenvalue weighted by Crippen LogP contribution is -2.14. The van der Waals surface area contributed by atoms with E-state index in [4.69, 9.17) is 4.74 Å². The van der Waals surface area contributed by atoms with E-state index in [0.29, 0.717) is 10.4 Å². The van der Waals surface area contributed by atoms with Crippen molar-refractivity contribution in [3.63, 3.8) is 0 Å². The third-order valence-corrected chi connectivity index (χ3v) is 6.07. The Bertz CT molecular complexity index is 761. The van der Waals surface area contributed by atoms with Gasteiger partial charge in [0, 0.05) is 28.9 Å². The van der Waals surface area contributed by atoms with Gasteiger partial charge >= 0.3 is 5.97 Å². The Hall–Kier alpha value is -1.88. The Kier molecular flexibility index (Phi) is 4.90. The van der Waals surface area contributed by atoms with Gasteiger partial charge in [-0.15, -0.1) is 11.3 Å². The highest BCUT2D eigenvalue weighted by Crippen LogP contribution is 2.29. The van der Waals surface area contributed by atoms with E-state index in [1.54, 1.807) is 0 Å². The van der Waals surface area contributed by atoms with Crippen LogP contribution in [0.1, 0.15) is 61.1 Å². The molecule has 2 aromatic heterocycles. The fourth-order valence-corrected chi connectivity index (χ4v) is 4.33. The number of hydrogen-bond donors (Lipinski definition) is 0. The molecule has 0 N–H and O–H groups in total. The second kappa shape index (κ2) is 6.93. The quantitative estimate of drug-likeness (QED) is 0.478. The zero-order valence-electron chi connectivity index (χ0n) is 14.5. The van der Waals surface area contributed by atoms with Crippen LogP contribution < -0.4 is 0 Å². The molecule has 128 valence electrons. The Labute approximate surface area is 146 Å². The maximum absolute atomic E-state index is 12.3. The third kappa shape index (κ3) is 3.31. The van der Waals surface area contributed by atoms with Crippen molar-refractivity contribution in [3.05, 3.63) is 44.4 Å². The third-order valence-electron chi connectivity index (χ3n) is 4.86. The SMILES string of the molecule is Cc1cc(C(=O)COC(=O)c2cc3c(s2)CCCCC3)c(C)n1C. The minimum absolute atomic E-state index is 0.150. The number of aryl methyl sites for hydroxylation is 3. The molecule has 24 heavy (non-hydrogen) atoms. The summed E-state index contributed by atoms with van der Waals surface area (Å²) in [4.78, 5) is 26.5. The van der Waals surface area contributed by atoms with Crippen molar-refractivity contribution in [2.24, 2.45) is 7.05 Å². The van der Waals surface area contributed by atoms with Crippen LogP contribution in [0.2, 0.25) is 0 Å². The van der Waals surface area contributed by atoms with Crippen LogP contribution in [0, 0.1) is 13.8 Å². The number of ketones is 1. The second-order valence-electron chi connectivity index (χ2n) is 6.46. The van der Waals surface area contributed by atoms with E-state index in [1.165, 1.54) is 41.0 Å². The van der Waals surface area contributed by atoms with Gasteiger partial charge in [-0.2, -0.15) is 0 Å². The minimum Gasteiger partial charge on any atom is -0.453 e. The molecular formula is C19H23NO3S. The van der Waals surface area contributed by atoms with Gasteiger partial charge in [-0.3, -0.25) is 4.79 Å². The van der Waals surface area contributed by atoms with Crippen LogP contribution in [0.5, 0.6) is 0 Å². The summed E-state index contributed by atoms with van der Waals surface area (Å²) in [5, 5.41) is 0. The van der Waals surface area contributed by atoms with Crippen molar-refractivity contribution < 1.29 is 14.3 Å². The lowest BCUT2D eigenvalue weighted by Gasteiger charge is -2.04.